The summed E-state index contributed by atoms with van der Waals surface area (Å²) >= 11 is 0. The smallest absolute Gasteiger partial charge is 0.228 e. The van der Waals surface area contributed by atoms with Crippen LogP contribution in [0.4, 0.5) is 0 Å². The molecule has 34 heavy (non-hydrogen) atoms. The average Bonchev–Trinajstić information content (AvgIpc) is 3.24. The van der Waals surface area contributed by atoms with E-state index in [0.29, 0.717) is 31.6 Å². The topological polar surface area (TPSA) is 45.9 Å². The van der Waals surface area contributed by atoms with E-state index in [1.807, 2.05) is 18.2 Å². The number of amides is 1. The fraction of sp³-hybridized carbons (Fsp3) is 0.483. The fourth-order valence-corrected chi connectivity index (χ4v) is 5.53. The zero-order chi connectivity index (χ0) is 23.4. The molecular formula is C29H36N2O3. The van der Waals surface area contributed by atoms with Crippen LogP contribution in [0.5, 0.6) is 0 Å². The number of nitrogens with zero attached hydrogens (tertiary/aromatic N) is 2. The maximum Gasteiger partial charge on any atom is 0.228 e. The van der Waals surface area contributed by atoms with Gasteiger partial charge in [0.1, 0.15) is 5.58 Å². The first kappa shape index (κ1) is 23.1. The molecule has 2 aliphatic rings. The molecule has 0 spiro atoms. The molecule has 2 fully saturated rings. The van der Waals surface area contributed by atoms with Crippen molar-refractivity contribution in [1.82, 2.24) is 9.80 Å². The molecule has 180 valence electrons. The standard InChI is InChI=1S/C29H36N2O3/c1-29(12-15-30(16-13-29)14-10-23-6-3-2-4-7-23)28(32)31-17-19-33-22-24(21-31)20-25-8-5-9-27-26(25)11-18-34-27/h2-9,11,18,24H,10,12-17,19-22H2,1H3. The van der Waals surface area contributed by atoms with Crippen molar-refractivity contribution < 1.29 is 13.9 Å². The molecule has 3 heterocycles. The van der Waals surface area contributed by atoms with Crippen LogP contribution < -0.4 is 0 Å². The van der Waals surface area contributed by atoms with E-state index in [1.54, 1.807) is 6.26 Å². The third-order valence-electron chi connectivity index (χ3n) is 7.76. The zero-order valence-electron chi connectivity index (χ0n) is 20.2. The van der Waals surface area contributed by atoms with E-state index < -0.39 is 0 Å². The van der Waals surface area contributed by atoms with Gasteiger partial charge in [0.05, 0.1) is 19.5 Å². The van der Waals surface area contributed by atoms with Crippen molar-refractivity contribution in [2.75, 3.05) is 45.9 Å². The van der Waals surface area contributed by atoms with Crippen molar-refractivity contribution >= 4 is 16.9 Å². The molecule has 5 nitrogen and oxygen atoms in total. The number of hydrogen-bond donors (Lipinski definition) is 0. The Morgan fingerprint density at radius 2 is 1.85 bits per heavy atom. The van der Waals surface area contributed by atoms with Gasteiger partial charge in [0.2, 0.25) is 5.91 Å². The first-order valence-corrected chi connectivity index (χ1v) is 12.7. The van der Waals surface area contributed by atoms with Crippen LogP contribution in [0.3, 0.4) is 0 Å². The van der Waals surface area contributed by atoms with Crippen molar-refractivity contribution in [3.8, 4) is 0 Å². The molecule has 0 bridgehead atoms. The Morgan fingerprint density at radius 1 is 1.03 bits per heavy atom. The van der Waals surface area contributed by atoms with Gasteiger partial charge in [0, 0.05) is 36.4 Å². The molecule has 5 heteroatoms. The summed E-state index contributed by atoms with van der Waals surface area (Å²) in [6.07, 6.45) is 5.57. The highest BCUT2D eigenvalue weighted by Gasteiger charge is 2.40. The molecule has 0 N–H and O–H groups in total. The highest BCUT2D eigenvalue weighted by Crippen LogP contribution is 2.34. The van der Waals surface area contributed by atoms with E-state index in [9.17, 15) is 4.79 Å². The molecule has 2 aromatic carbocycles. The monoisotopic (exact) mass is 460 g/mol. The van der Waals surface area contributed by atoms with Crippen LogP contribution >= 0.6 is 0 Å². The minimum Gasteiger partial charge on any atom is -0.464 e. The molecule has 0 saturated carbocycles. The van der Waals surface area contributed by atoms with Crippen LogP contribution in [0.1, 0.15) is 30.9 Å². The van der Waals surface area contributed by atoms with Crippen LogP contribution in [0.2, 0.25) is 0 Å². The summed E-state index contributed by atoms with van der Waals surface area (Å²) in [4.78, 5) is 18.3. The number of likely N-dealkylation sites (tertiary alicyclic amines) is 1. The molecule has 2 saturated heterocycles. The van der Waals surface area contributed by atoms with Crippen molar-refractivity contribution in [2.24, 2.45) is 11.3 Å². The number of furan rings is 1. The maximum atomic E-state index is 13.7. The van der Waals surface area contributed by atoms with Crippen LogP contribution in [0.25, 0.3) is 11.0 Å². The normalized spacial score (nSPS) is 21.4. The second kappa shape index (κ2) is 10.3. The van der Waals surface area contributed by atoms with Crippen LogP contribution in [0, 0.1) is 11.3 Å². The minimum absolute atomic E-state index is 0.275. The van der Waals surface area contributed by atoms with Gasteiger partial charge in [-0.2, -0.15) is 0 Å². The first-order chi connectivity index (χ1) is 16.6. The molecule has 0 aliphatic carbocycles. The second-order valence-electron chi connectivity index (χ2n) is 10.3. The summed E-state index contributed by atoms with van der Waals surface area (Å²) in [7, 11) is 0. The Labute approximate surface area is 202 Å². The van der Waals surface area contributed by atoms with Gasteiger partial charge in [-0.05, 0) is 62.0 Å². The number of ether oxygens (including phenoxy) is 1. The van der Waals surface area contributed by atoms with Gasteiger partial charge in [0.15, 0.2) is 0 Å². The van der Waals surface area contributed by atoms with Crippen molar-refractivity contribution in [3.05, 3.63) is 72.0 Å². The first-order valence-electron chi connectivity index (χ1n) is 12.7. The quantitative estimate of drug-likeness (QED) is 0.530. The Balaban J connectivity index is 1.18. The Hall–Kier alpha value is -2.63. The number of hydrogen-bond acceptors (Lipinski definition) is 4. The van der Waals surface area contributed by atoms with Gasteiger partial charge >= 0.3 is 0 Å². The number of rotatable bonds is 6. The lowest BCUT2D eigenvalue weighted by molar-refractivity contribution is -0.144. The SMILES string of the molecule is CC1(C(=O)N2CCOCC(Cc3cccc4occc34)C2)CCN(CCc2ccccc2)CC1. The Bertz CT molecular complexity index is 1080. The van der Waals surface area contributed by atoms with E-state index in [1.165, 1.54) is 16.5 Å². The number of benzene rings is 2. The molecule has 5 rings (SSSR count). The van der Waals surface area contributed by atoms with Gasteiger partial charge in [-0.3, -0.25) is 4.79 Å². The zero-order valence-corrected chi connectivity index (χ0v) is 20.2. The molecule has 1 atom stereocenters. The molecule has 1 unspecified atom stereocenters. The van der Waals surface area contributed by atoms with Crippen LogP contribution in [0.15, 0.2) is 65.3 Å². The average molecular weight is 461 g/mol. The third kappa shape index (κ3) is 5.21. The van der Waals surface area contributed by atoms with E-state index in [4.69, 9.17) is 9.15 Å². The molecular weight excluding hydrogens is 424 g/mol. The van der Waals surface area contributed by atoms with Crippen LogP contribution in [-0.4, -0.2) is 61.6 Å². The van der Waals surface area contributed by atoms with Crippen LogP contribution in [-0.2, 0) is 22.4 Å². The summed E-state index contributed by atoms with van der Waals surface area (Å²) in [5, 5.41) is 1.17. The Kier molecular flexibility index (Phi) is 7.02. The van der Waals surface area contributed by atoms with E-state index in [0.717, 1.165) is 57.4 Å². The summed E-state index contributed by atoms with van der Waals surface area (Å²) < 4.78 is 11.5. The lowest BCUT2D eigenvalue weighted by Crippen LogP contribution is -2.50. The summed E-state index contributed by atoms with van der Waals surface area (Å²) in [5.74, 6) is 0.605. The molecule has 3 aromatic rings. The van der Waals surface area contributed by atoms with Gasteiger partial charge < -0.3 is 19.0 Å². The number of carbonyl (C=O) groups is 1. The van der Waals surface area contributed by atoms with Gasteiger partial charge in [-0.1, -0.05) is 49.4 Å². The van der Waals surface area contributed by atoms with Crippen molar-refractivity contribution in [2.45, 2.75) is 32.6 Å². The fourth-order valence-electron chi connectivity index (χ4n) is 5.53. The maximum absolute atomic E-state index is 13.7. The van der Waals surface area contributed by atoms with E-state index >= 15 is 0 Å². The Morgan fingerprint density at radius 3 is 2.68 bits per heavy atom. The number of piperidine rings is 1. The van der Waals surface area contributed by atoms with E-state index in [2.05, 4.69) is 53.1 Å². The molecule has 2 aliphatic heterocycles. The number of carbonyl (C=O) groups excluding carboxylic acids is 1. The predicted octanol–water partition coefficient (Wildman–Crippen LogP) is 4.80. The summed E-state index contributed by atoms with van der Waals surface area (Å²) in [5.41, 5.74) is 3.30. The molecule has 1 aromatic heterocycles. The molecule has 0 radical (unpaired) electrons. The third-order valence-corrected chi connectivity index (χ3v) is 7.76. The van der Waals surface area contributed by atoms with Crippen molar-refractivity contribution in [1.29, 1.82) is 0 Å². The predicted molar refractivity (Wildman–Crippen MR) is 135 cm³/mol. The lowest BCUT2D eigenvalue weighted by atomic mass is 9.78. The van der Waals surface area contributed by atoms with Gasteiger partial charge in [-0.25, -0.2) is 0 Å². The number of fused-ring (bicyclic) bond motifs is 1. The van der Waals surface area contributed by atoms with Gasteiger partial charge in [0.25, 0.3) is 0 Å². The highest BCUT2D eigenvalue weighted by atomic mass is 16.5. The second-order valence-corrected chi connectivity index (χ2v) is 10.3. The summed E-state index contributed by atoms with van der Waals surface area (Å²) in [6.45, 7) is 8.00. The highest BCUT2D eigenvalue weighted by molar-refractivity contribution is 5.83. The van der Waals surface area contributed by atoms with E-state index in [-0.39, 0.29) is 5.41 Å². The minimum atomic E-state index is -0.275. The van der Waals surface area contributed by atoms with Crippen molar-refractivity contribution in [3.63, 3.8) is 0 Å². The summed E-state index contributed by atoms with van der Waals surface area (Å²) in [6, 6.07) is 18.9. The molecule has 1 amide bonds. The largest absolute Gasteiger partial charge is 0.464 e. The van der Waals surface area contributed by atoms with Gasteiger partial charge in [-0.15, -0.1) is 0 Å². The lowest BCUT2D eigenvalue weighted by Gasteiger charge is -2.41.